The topological polar surface area (TPSA) is 39.2 Å². The number of furan rings is 1. The van der Waals surface area contributed by atoms with Crippen LogP contribution in [0.1, 0.15) is 37.8 Å². The third-order valence-corrected chi connectivity index (χ3v) is 2.03. The summed E-state index contributed by atoms with van der Waals surface area (Å²) in [6, 6.07) is 0. The third-order valence-electron chi connectivity index (χ3n) is 2.03. The minimum Gasteiger partial charge on any atom is -0.449 e. The van der Waals surface area contributed by atoms with Crippen LogP contribution in [0.4, 0.5) is 5.88 Å². The standard InChI is InChI=1S/C10H17NO/c1-3-5-8-7-12-10(11)9(8)6-4-2/h7H,3-6,11H2,1-2H3. The lowest BCUT2D eigenvalue weighted by Crippen LogP contribution is -1.93. The molecule has 0 radical (unpaired) electrons. The minimum atomic E-state index is 0.611. The van der Waals surface area contributed by atoms with Gasteiger partial charge in [-0.2, -0.15) is 0 Å². The van der Waals surface area contributed by atoms with Gasteiger partial charge in [0.2, 0.25) is 0 Å². The molecule has 0 bridgehead atoms. The molecule has 0 saturated carbocycles. The van der Waals surface area contributed by atoms with Crippen LogP contribution in [-0.4, -0.2) is 0 Å². The van der Waals surface area contributed by atoms with Gasteiger partial charge in [0.15, 0.2) is 5.88 Å². The van der Waals surface area contributed by atoms with Gasteiger partial charge in [0.05, 0.1) is 6.26 Å². The molecule has 2 heteroatoms. The van der Waals surface area contributed by atoms with Crippen LogP contribution < -0.4 is 5.73 Å². The fourth-order valence-electron chi connectivity index (χ4n) is 1.45. The predicted molar refractivity (Wildman–Crippen MR) is 51.1 cm³/mol. The van der Waals surface area contributed by atoms with E-state index in [0.29, 0.717) is 5.88 Å². The van der Waals surface area contributed by atoms with Crippen molar-refractivity contribution in [1.29, 1.82) is 0 Å². The summed E-state index contributed by atoms with van der Waals surface area (Å²) >= 11 is 0. The van der Waals surface area contributed by atoms with Crippen LogP contribution in [0.25, 0.3) is 0 Å². The summed E-state index contributed by atoms with van der Waals surface area (Å²) < 4.78 is 5.18. The van der Waals surface area contributed by atoms with Crippen molar-refractivity contribution in [2.45, 2.75) is 39.5 Å². The van der Waals surface area contributed by atoms with E-state index in [-0.39, 0.29) is 0 Å². The Kier molecular flexibility index (Phi) is 3.20. The number of nitrogen functional groups attached to an aromatic ring is 1. The molecule has 68 valence electrons. The zero-order chi connectivity index (χ0) is 8.97. The summed E-state index contributed by atoms with van der Waals surface area (Å²) in [5.74, 6) is 0.611. The number of rotatable bonds is 4. The number of anilines is 1. The van der Waals surface area contributed by atoms with Crippen molar-refractivity contribution >= 4 is 5.88 Å². The van der Waals surface area contributed by atoms with E-state index in [2.05, 4.69) is 13.8 Å². The average molecular weight is 167 g/mol. The molecule has 12 heavy (non-hydrogen) atoms. The molecule has 1 rings (SSSR count). The quantitative estimate of drug-likeness (QED) is 0.748. The third kappa shape index (κ3) is 1.81. The van der Waals surface area contributed by atoms with Crippen LogP contribution in [0.5, 0.6) is 0 Å². The van der Waals surface area contributed by atoms with Crippen molar-refractivity contribution < 1.29 is 4.42 Å². The van der Waals surface area contributed by atoms with Crippen LogP contribution in [-0.2, 0) is 12.8 Å². The Hall–Kier alpha value is -0.920. The molecule has 0 fully saturated rings. The highest BCUT2D eigenvalue weighted by molar-refractivity contribution is 5.42. The fraction of sp³-hybridized carbons (Fsp3) is 0.600. The van der Waals surface area contributed by atoms with Gasteiger partial charge in [0, 0.05) is 5.56 Å². The maximum absolute atomic E-state index is 5.69. The molecule has 1 heterocycles. The zero-order valence-electron chi connectivity index (χ0n) is 7.89. The molecule has 1 aromatic heterocycles. The molecule has 0 aliphatic rings. The maximum Gasteiger partial charge on any atom is 0.193 e. The first-order valence-corrected chi connectivity index (χ1v) is 4.64. The molecule has 0 saturated heterocycles. The monoisotopic (exact) mass is 167 g/mol. The van der Waals surface area contributed by atoms with Crippen molar-refractivity contribution in [3.63, 3.8) is 0 Å². The fourth-order valence-corrected chi connectivity index (χ4v) is 1.45. The van der Waals surface area contributed by atoms with Crippen molar-refractivity contribution in [3.8, 4) is 0 Å². The van der Waals surface area contributed by atoms with E-state index in [0.717, 1.165) is 25.7 Å². The second kappa shape index (κ2) is 4.19. The van der Waals surface area contributed by atoms with Crippen molar-refractivity contribution in [3.05, 3.63) is 17.4 Å². The van der Waals surface area contributed by atoms with E-state index in [1.165, 1.54) is 11.1 Å². The van der Waals surface area contributed by atoms with Crippen LogP contribution in [0.15, 0.2) is 10.7 Å². The van der Waals surface area contributed by atoms with E-state index in [4.69, 9.17) is 10.2 Å². The summed E-state index contributed by atoms with van der Waals surface area (Å²) in [5.41, 5.74) is 8.20. The van der Waals surface area contributed by atoms with Crippen molar-refractivity contribution in [2.24, 2.45) is 0 Å². The smallest absolute Gasteiger partial charge is 0.193 e. The van der Waals surface area contributed by atoms with E-state index in [9.17, 15) is 0 Å². The first-order valence-electron chi connectivity index (χ1n) is 4.64. The summed E-state index contributed by atoms with van der Waals surface area (Å²) in [7, 11) is 0. The Balaban J connectivity index is 2.80. The molecule has 0 unspecified atom stereocenters. The molecule has 0 aromatic carbocycles. The van der Waals surface area contributed by atoms with Gasteiger partial charge in [-0.15, -0.1) is 0 Å². The molecule has 0 aliphatic carbocycles. The lowest BCUT2D eigenvalue weighted by Gasteiger charge is -1.99. The summed E-state index contributed by atoms with van der Waals surface area (Å²) in [6.07, 6.45) is 6.19. The van der Waals surface area contributed by atoms with Crippen molar-refractivity contribution in [2.75, 3.05) is 5.73 Å². The Morgan fingerprint density at radius 2 is 1.92 bits per heavy atom. The Labute approximate surface area is 73.8 Å². The van der Waals surface area contributed by atoms with E-state index < -0.39 is 0 Å². The van der Waals surface area contributed by atoms with Gasteiger partial charge in [-0.05, 0) is 18.4 Å². The lowest BCUT2D eigenvalue weighted by atomic mass is 10.0. The molecule has 2 N–H and O–H groups in total. The van der Waals surface area contributed by atoms with Gasteiger partial charge in [-0.3, -0.25) is 0 Å². The average Bonchev–Trinajstić information content (AvgIpc) is 2.37. The first kappa shape index (κ1) is 9.17. The SMILES string of the molecule is CCCc1coc(N)c1CCC. The van der Waals surface area contributed by atoms with Gasteiger partial charge >= 0.3 is 0 Å². The molecular formula is C10H17NO. The molecule has 0 aliphatic heterocycles. The second-order valence-corrected chi connectivity index (χ2v) is 3.10. The molecule has 0 spiro atoms. The lowest BCUT2D eigenvalue weighted by molar-refractivity contribution is 0.581. The summed E-state index contributed by atoms with van der Waals surface area (Å²) in [6.45, 7) is 4.32. The van der Waals surface area contributed by atoms with Crippen LogP contribution in [0, 0.1) is 0 Å². The first-order chi connectivity index (χ1) is 5.79. The van der Waals surface area contributed by atoms with Crippen molar-refractivity contribution in [1.82, 2.24) is 0 Å². The molecule has 2 nitrogen and oxygen atoms in total. The largest absolute Gasteiger partial charge is 0.449 e. The van der Waals surface area contributed by atoms with Gasteiger partial charge in [0.1, 0.15) is 0 Å². The molecule has 0 atom stereocenters. The van der Waals surface area contributed by atoms with Crippen LogP contribution in [0.2, 0.25) is 0 Å². The minimum absolute atomic E-state index is 0.611. The maximum atomic E-state index is 5.69. The molecule has 1 aromatic rings. The number of hydrogen-bond donors (Lipinski definition) is 1. The number of hydrogen-bond acceptors (Lipinski definition) is 2. The van der Waals surface area contributed by atoms with Gasteiger partial charge < -0.3 is 10.2 Å². The van der Waals surface area contributed by atoms with Gasteiger partial charge in [-0.1, -0.05) is 26.7 Å². The van der Waals surface area contributed by atoms with E-state index >= 15 is 0 Å². The number of aryl methyl sites for hydroxylation is 1. The number of nitrogens with two attached hydrogens (primary N) is 1. The van der Waals surface area contributed by atoms with Crippen LogP contribution >= 0.6 is 0 Å². The second-order valence-electron chi connectivity index (χ2n) is 3.10. The Morgan fingerprint density at radius 1 is 1.25 bits per heavy atom. The van der Waals surface area contributed by atoms with Gasteiger partial charge in [0.25, 0.3) is 0 Å². The van der Waals surface area contributed by atoms with E-state index in [1.54, 1.807) is 6.26 Å². The van der Waals surface area contributed by atoms with Crippen LogP contribution in [0.3, 0.4) is 0 Å². The normalized spacial score (nSPS) is 10.5. The summed E-state index contributed by atoms with van der Waals surface area (Å²) in [5, 5.41) is 0. The zero-order valence-corrected chi connectivity index (χ0v) is 7.89. The van der Waals surface area contributed by atoms with Gasteiger partial charge in [-0.25, -0.2) is 0 Å². The highest BCUT2D eigenvalue weighted by Crippen LogP contribution is 2.22. The Bertz CT molecular complexity index is 240. The summed E-state index contributed by atoms with van der Waals surface area (Å²) in [4.78, 5) is 0. The molecular weight excluding hydrogens is 150 g/mol. The Morgan fingerprint density at radius 3 is 2.50 bits per heavy atom. The highest BCUT2D eigenvalue weighted by Gasteiger charge is 2.08. The predicted octanol–water partition coefficient (Wildman–Crippen LogP) is 2.77. The van der Waals surface area contributed by atoms with E-state index in [1.807, 2.05) is 0 Å². The highest BCUT2D eigenvalue weighted by atomic mass is 16.3. The molecule has 0 amide bonds.